The summed E-state index contributed by atoms with van der Waals surface area (Å²) in [5.74, 6) is 1.63. The van der Waals surface area contributed by atoms with Gasteiger partial charge in [0, 0.05) is 38.4 Å². The van der Waals surface area contributed by atoms with Crippen molar-refractivity contribution in [2.45, 2.75) is 32.2 Å². The van der Waals surface area contributed by atoms with Gasteiger partial charge in [-0.05, 0) is 36.8 Å². The quantitative estimate of drug-likeness (QED) is 0.820. The zero-order chi connectivity index (χ0) is 16.8. The molecule has 0 saturated carbocycles. The first-order valence-corrected chi connectivity index (χ1v) is 8.61. The van der Waals surface area contributed by atoms with Crippen molar-refractivity contribution in [3.05, 3.63) is 48.5 Å². The van der Waals surface area contributed by atoms with Crippen LogP contribution in [0.5, 0.6) is 5.75 Å². The van der Waals surface area contributed by atoms with Crippen molar-refractivity contribution in [3.8, 4) is 5.75 Å². The Balaban J connectivity index is 1.52. The first-order chi connectivity index (χ1) is 11.8. The highest BCUT2D eigenvalue weighted by Gasteiger charge is 2.23. The van der Waals surface area contributed by atoms with Gasteiger partial charge in [-0.2, -0.15) is 0 Å². The number of hydrogen-bond acceptors (Lipinski definition) is 3. The molecule has 1 atom stereocenters. The highest BCUT2D eigenvalue weighted by atomic mass is 16.5. The van der Waals surface area contributed by atoms with Crippen LogP contribution in [0.3, 0.4) is 0 Å². The molecule has 128 valence electrons. The van der Waals surface area contributed by atoms with Crippen molar-refractivity contribution in [1.82, 2.24) is 14.5 Å². The molecule has 24 heavy (non-hydrogen) atoms. The second-order valence-electron chi connectivity index (χ2n) is 6.42. The van der Waals surface area contributed by atoms with Gasteiger partial charge in [0.1, 0.15) is 5.75 Å². The third-order valence-electron chi connectivity index (χ3n) is 4.70. The summed E-state index contributed by atoms with van der Waals surface area (Å²) in [6, 6.07) is 7.92. The van der Waals surface area contributed by atoms with Crippen LogP contribution in [-0.2, 0) is 17.8 Å². The predicted octanol–water partition coefficient (Wildman–Crippen LogP) is 2.76. The Morgan fingerprint density at radius 2 is 2.25 bits per heavy atom. The number of imidazole rings is 1. The van der Waals surface area contributed by atoms with Gasteiger partial charge >= 0.3 is 0 Å². The van der Waals surface area contributed by atoms with Crippen LogP contribution < -0.4 is 4.74 Å². The van der Waals surface area contributed by atoms with Crippen LogP contribution in [0, 0.1) is 5.92 Å². The molecular formula is C19H25N3O2. The molecule has 1 aliphatic rings. The third-order valence-corrected chi connectivity index (χ3v) is 4.70. The first kappa shape index (κ1) is 16.6. The summed E-state index contributed by atoms with van der Waals surface area (Å²) in [6.45, 7) is 2.67. The summed E-state index contributed by atoms with van der Waals surface area (Å²) >= 11 is 0. The van der Waals surface area contributed by atoms with Gasteiger partial charge in [0.05, 0.1) is 13.4 Å². The van der Waals surface area contributed by atoms with Crippen LogP contribution in [0.1, 0.15) is 24.8 Å². The van der Waals surface area contributed by atoms with Crippen LogP contribution in [0.15, 0.2) is 43.0 Å². The standard InChI is InChI=1S/C19H25N3O2/c1-24-18-7-3-2-6-17(18)8-9-19(23)22-11-4-5-16(14-22)13-21-12-10-20-15-21/h2-3,6-7,10,12,15-16H,4-5,8-9,11,13-14H2,1H3/t16-/m0/s1. The molecule has 1 saturated heterocycles. The molecular weight excluding hydrogens is 302 g/mol. The molecule has 0 spiro atoms. The van der Waals surface area contributed by atoms with Crippen molar-refractivity contribution in [3.63, 3.8) is 0 Å². The molecule has 0 radical (unpaired) electrons. The van der Waals surface area contributed by atoms with Gasteiger partial charge in [0.2, 0.25) is 5.91 Å². The average Bonchev–Trinajstić information content (AvgIpc) is 3.13. The number of piperidine rings is 1. The van der Waals surface area contributed by atoms with Crippen molar-refractivity contribution < 1.29 is 9.53 Å². The molecule has 0 bridgehead atoms. The lowest BCUT2D eigenvalue weighted by Gasteiger charge is -2.33. The van der Waals surface area contributed by atoms with Crippen molar-refractivity contribution in [2.24, 2.45) is 5.92 Å². The average molecular weight is 327 g/mol. The van der Waals surface area contributed by atoms with Crippen molar-refractivity contribution in [2.75, 3.05) is 20.2 Å². The van der Waals surface area contributed by atoms with Gasteiger partial charge in [-0.3, -0.25) is 4.79 Å². The molecule has 2 heterocycles. The van der Waals surface area contributed by atoms with Gasteiger partial charge in [-0.1, -0.05) is 18.2 Å². The Kier molecular flexibility index (Phi) is 5.51. The number of para-hydroxylation sites is 1. The zero-order valence-corrected chi connectivity index (χ0v) is 14.2. The molecule has 1 fully saturated rings. The number of benzene rings is 1. The maximum Gasteiger partial charge on any atom is 0.222 e. The topological polar surface area (TPSA) is 47.4 Å². The summed E-state index contributed by atoms with van der Waals surface area (Å²) < 4.78 is 7.47. The Bertz CT molecular complexity index is 654. The fraction of sp³-hybridized carbons (Fsp3) is 0.474. The minimum Gasteiger partial charge on any atom is -0.496 e. The Labute approximate surface area is 143 Å². The highest BCUT2D eigenvalue weighted by Crippen LogP contribution is 2.22. The SMILES string of the molecule is COc1ccccc1CCC(=O)N1CCC[C@@H](Cn2ccnc2)C1. The van der Waals surface area contributed by atoms with E-state index in [0.717, 1.165) is 43.8 Å². The van der Waals surface area contributed by atoms with Gasteiger partial charge in [0.25, 0.3) is 0 Å². The van der Waals surface area contributed by atoms with E-state index in [2.05, 4.69) is 9.55 Å². The smallest absolute Gasteiger partial charge is 0.222 e. The van der Waals surface area contributed by atoms with Crippen LogP contribution in [0.4, 0.5) is 0 Å². The van der Waals surface area contributed by atoms with E-state index in [0.29, 0.717) is 12.3 Å². The summed E-state index contributed by atoms with van der Waals surface area (Å²) in [7, 11) is 1.67. The van der Waals surface area contributed by atoms with Crippen LogP contribution in [-0.4, -0.2) is 40.6 Å². The summed E-state index contributed by atoms with van der Waals surface area (Å²) in [5, 5.41) is 0. The third kappa shape index (κ3) is 4.16. The molecule has 1 aromatic heterocycles. The first-order valence-electron chi connectivity index (χ1n) is 8.61. The zero-order valence-electron chi connectivity index (χ0n) is 14.2. The minimum absolute atomic E-state index is 0.247. The lowest BCUT2D eigenvalue weighted by atomic mass is 9.97. The van der Waals surface area contributed by atoms with E-state index in [9.17, 15) is 4.79 Å². The number of rotatable bonds is 6. The van der Waals surface area contributed by atoms with Crippen LogP contribution >= 0.6 is 0 Å². The van der Waals surface area contributed by atoms with Crippen molar-refractivity contribution >= 4 is 5.91 Å². The molecule has 5 heteroatoms. The second kappa shape index (κ2) is 7.99. The number of carbonyl (C=O) groups excluding carboxylic acids is 1. The summed E-state index contributed by atoms with van der Waals surface area (Å²) in [6.07, 6.45) is 9.17. The second-order valence-corrected chi connectivity index (χ2v) is 6.42. The van der Waals surface area contributed by atoms with E-state index in [1.165, 1.54) is 6.42 Å². The summed E-state index contributed by atoms with van der Waals surface area (Å²) in [5.41, 5.74) is 1.10. The van der Waals surface area contributed by atoms with E-state index < -0.39 is 0 Å². The Morgan fingerprint density at radius 1 is 1.38 bits per heavy atom. The van der Waals surface area contributed by atoms with Crippen LogP contribution in [0.25, 0.3) is 0 Å². The molecule has 2 aromatic rings. The number of nitrogens with zero attached hydrogens (tertiary/aromatic N) is 3. The van der Waals surface area contributed by atoms with Gasteiger partial charge < -0.3 is 14.2 Å². The Morgan fingerprint density at radius 3 is 3.04 bits per heavy atom. The monoisotopic (exact) mass is 327 g/mol. The van der Waals surface area contributed by atoms with Gasteiger partial charge in [0.15, 0.2) is 0 Å². The van der Waals surface area contributed by atoms with Crippen LogP contribution in [0.2, 0.25) is 0 Å². The molecule has 1 aliphatic heterocycles. The van der Waals surface area contributed by atoms with E-state index in [-0.39, 0.29) is 5.91 Å². The lowest BCUT2D eigenvalue weighted by Crippen LogP contribution is -2.41. The lowest BCUT2D eigenvalue weighted by molar-refractivity contribution is -0.133. The molecule has 0 aliphatic carbocycles. The number of ether oxygens (including phenoxy) is 1. The number of aryl methyl sites for hydroxylation is 1. The van der Waals surface area contributed by atoms with E-state index in [4.69, 9.17) is 4.74 Å². The van der Waals surface area contributed by atoms with Gasteiger partial charge in [-0.15, -0.1) is 0 Å². The number of hydrogen-bond donors (Lipinski definition) is 0. The van der Waals surface area contributed by atoms with Gasteiger partial charge in [-0.25, -0.2) is 4.98 Å². The number of amides is 1. The Hall–Kier alpha value is -2.30. The fourth-order valence-electron chi connectivity index (χ4n) is 3.44. The normalized spacial score (nSPS) is 17.7. The summed E-state index contributed by atoms with van der Waals surface area (Å²) in [4.78, 5) is 18.7. The largest absolute Gasteiger partial charge is 0.496 e. The van der Waals surface area contributed by atoms with E-state index in [1.807, 2.05) is 41.7 Å². The fourth-order valence-corrected chi connectivity index (χ4v) is 3.44. The molecule has 0 unspecified atom stereocenters. The highest BCUT2D eigenvalue weighted by molar-refractivity contribution is 5.76. The number of methoxy groups -OCH3 is 1. The number of aromatic nitrogens is 2. The molecule has 1 amide bonds. The molecule has 0 N–H and O–H groups in total. The maximum absolute atomic E-state index is 12.6. The number of carbonyl (C=O) groups is 1. The van der Waals surface area contributed by atoms with E-state index >= 15 is 0 Å². The van der Waals surface area contributed by atoms with E-state index in [1.54, 1.807) is 13.3 Å². The number of likely N-dealkylation sites (tertiary alicyclic amines) is 1. The predicted molar refractivity (Wildman–Crippen MR) is 92.8 cm³/mol. The molecule has 3 rings (SSSR count). The minimum atomic E-state index is 0.247. The van der Waals surface area contributed by atoms with Crippen molar-refractivity contribution in [1.29, 1.82) is 0 Å². The molecule has 1 aromatic carbocycles. The maximum atomic E-state index is 12.6. The molecule has 5 nitrogen and oxygen atoms in total.